The summed E-state index contributed by atoms with van der Waals surface area (Å²) >= 11 is 0. The zero-order valence-corrected chi connectivity index (χ0v) is 16.9. The highest BCUT2D eigenvalue weighted by atomic mass is 127. The van der Waals surface area contributed by atoms with Crippen LogP contribution in [0.1, 0.15) is 32.3 Å². The van der Waals surface area contributed by atoms with E-state index in [1.807, 2.05) is 6.92 Å². The van der Waals surface area contributed by atoms with Gasteiger partial charge in [-0.3, -0.25) is 0 Å². The molecule has 24 heavy (non-hydrogen) atoms. The molecular weight excluding hydrogens is 421 g/mol. The minimum Gasteiger partial charge on any atom is -0.508 e. The molecule has 0 spiro atoms. The zero-order chi connectivity index (χ0) is 16.7. The molecule has 0 bridgehead atoms. The minimum atomic E-state index is -0.131. The van der Waals surface area contributed by atoms with Crippen LogP contribution >= 0.6 is 24.0 Å². The molecule has 1 aliphatic heterocycles. The molecule has 1 heterocycles. The molecular formula is C17H28IN3O3. The van der Waals surface area contributed by atoms with Gasteiger partial charge >= 0.3 is 0 Å². The smallest absolute Gasteiger partial charge is 0.191 e. The van der Waals surface area contributed by atoms with Gasteiger partial charge in [0.15, 0.2) is 5.96 Å². The van der Waals surface area contributed by atoms with Crippen LogP contribution in [0.25, 0.3) is 0 Å². The first-order chi connectivity index (χ1) is 11.1. The SMILES string of the molecule is CCNC(=NCc1cc(OC)ccc1O)NCC1(C)CCCO1.I. The average molecular weight is 449 g/mol. The Labute approximate surface area is 161 Å². The topological polar surface area (TPSA) is 75.1 Å². The first-order valence-electron chi connectivity index (χ1n) is 8.08. The number of ether oxygens (including phenoxy) is 2. The van der Waals surface area contributed by atoms with Gasteiger partial charge in [-0.25, -0.2) is 4.99 Å². The molecule has 1 saturated heterocycles. The first-order valence-corrected chi connectivity index (χ1v) is 8.08. The third kappa shape index (κ3) is 6.01. The van der Waals surface area contributed by atoms with Crippen molar-refractivity contribution in [2.75, 3.05) is 26.8 Å². The van der Waals surface area contributed by atoms with E-state index in [9.17, 15) is 5.11 Å². The first kappa shape index (κ1) is 20.8. The van der Waals surface area contributed by atoms with Crippen LogP contribution in [0, 0.1) is 0 Å². The normalized spacial score (nSPS) is 20.4. The maximum atomic E-state index is 9.93. The number of aromatic hydroxyl groups is 1. The average Bonchev–Trinajstić information content (AvgIpc) is 2.98. The maximum Gasteiger partial charge on any atom is 0.191 e. The van der Waals surface area contributed by atoms with Gasteiger partial charge in [-0.15, -0.1) is 24.0 Å². The number of aliphatic imine (C=N–C) groups is 1. The molecule has 3 N–H and O–H groups in total. The third-order valence-electron chi connectivity index (χ3n) is 3.97. The van der Waals surface area contributed by atoms with Crippen LogP contribution in [-0.4, -0.2) is 43.5 Å². The summed E-state index contributed by atoms with van der Waals surface area (Å²) in [5, 5.41) is 16.5. The number of phenols is 1. The molecule has 2 rings (SSSR count). The molecule has 0 aliphatic carbocycles. The van der Waals surface area contributed by atoms with Crippen LogP contribution in [0.15, 0.2) is 23.2 Å². The van der Waals surface area contributed by atoms with E-state index < -0.39 is 0 Å². The van der Waals surface area contributed by atoms with Crippen LogP contribution in [0.2, 0.25) is 0 Å². The molecule has 1 unspecified atom stereocenters. The molecule has 6 nitrogen and oxygen atoms in total. The van der Waals surface area contributed by atoms with Crippen molar-refractivity contribution in [3.8, 4) is 11.5 Å². The highest BCUT2D eigenvalue weighted by molar-refractivity contribution is 14.0. The number of rotatable bonds is 6. The van der Waals surface area contributed by atoms with E-state index in [2.05, 4.69) is 22.5 Å². The Morgan fingerprint density at radius 1 is 1.42 bits per heavy atom. The Balaban J connectivity index is 0.00000288. The van der Waals surface area contributed by atoms with Crippen molar-refractivity contribution in [1.82, 2.24) is 10.6 Å². The molecule has 0 amide bonds. The number of guanidine groups is 1. The zero-order valence-electron chi connectivity index (χ0n) is 14.6. The Morgan fingerprint density at radius 2 is 2.21 bits per heavy atom. The number of nitrogens with zero attached hydrogens (tertiary/aromatic N) is 1. The maximum absolute atomic E-state index is 9.93. The lowest BCUT2D eigenvalue weighted by Gasteiger charge is -2.24. The number of phenolic OH excluding ortho intramolecular Hbond substituents is 1. The summed E-state index contributed by atoms with van der Waals surface area (Å²) in [6, 6.07) is 5.14. The number of hydrogen-bond donors (Lipinski definition) is 3. The van der Waals surface area contributed by atoms with Crippen molar-refractivity contribution >= 4 is 29.9 Å². The van der Waals surface area contributed by atoms with E-state index in [0.717, 1.165) is 31.6 Å². The number of benzene rings is 1. The third-order valence-corrected chi connectivity index (χ3v) is 3.97. The molecule has 1 aromatic rings. The van der Waals surface area contributed by atoms with Gasteiger partial charge in [-0.2, -0.15) is 0 Å². The molecule has 1 fully saturated rings. The fourth-order valence-electron chi connectivity index (χ4n) is 2.57. The molecule has 1 aliphatic rings. The molecule has 1 atom stereocenters. The van der Waals surface area contributed by atoms with Crippen molar-refractivity contribution in [3.05, 3.63) is 23.8 Å². The number of halogens is 1. The standard InChI is InChI=1S/C17H27N3O3.HI/c1-4-18-16(20-12-17(2)8-5-9-23-17)19-11-13-10-14(22-3)6-7-15(13)21;/h6-7,10,21H,4-5,8-9,11-12H2,1-3H3,(H2,18,19,20);1H. The minimum absolute atomic E-state index is 0. The van der Waals surface area contributed by atoms with Gasteiger partial charge in [0.1, 0.15) is 11.5 Å². The van der Waals surface area contributed by atoms with E-state index in [1.54, 1.807) is 25.3 Å². The van der Waals surface area contributed by atoms with Crippen molar-refractivity contribution in [2.24, 2.45) is 4.99 Å². The fourth-order valence-corrected chi connectivity index (χ4v) is 2.57. The van der Waals surface area contributed by atoms with Gasteiger partial charge < -0.3 is 25.2 Å². The quantitative estimate of drug-likeness (QED) is 0.354. The Hall–Kier alpha value is -1.22. The second-order valence-corrected chi connectivity index (χ2v) is 5.95. The van der Waals surface area contributed by atoms with Crippen LogP contribution < -0.4 is 15.4 Å². The number of nitrogens with one attached hydrogen (secondary N) is 2. The van der Waals surface area contributed by atoms with Crippen molar-refractivity contribution in [1.29, 1.82) is 0 Å². The predicted octanol–water partition coefficient (Wildman–Crippen LogP) is 2.64. The van der Waals surface area contributed by atoms with Crippen LogP contribution in [-0.2, 0) is 11.3 Å². The molecule has 0 radical (unpaired) electrons. The van der Waals surface area contributed by atoms with E-state index in [4.69, 9.17) is 9.47 Å². The molecule has 0 saturated carbocycles. The van der Waals surface area contributed by atoms with Gasteiger partial charge in [0.2, 0.25) is 0 Å². The Kier molecular flexibility index (Phi) is 8.61. The van der Waals surface area contributed by atoms with Crippen molar-refractivity contribution in [2.45, 2.75) is 38.8 Å². The van der Waals surface area contributed by atoms with Crippen LogP contribution in [0.4, 0.5) is 0 Å². The van der Waals surface area contributed by atoms with Crippen molar-refractivity contribution < 1.29 is 14.6 Å². The summed E-state index contributed by atoms with van der Waals surface area (Å²) in [7, 11) is 1.60. The number of methoxy groups -OCH3 is 1. The number of hydrogen-bond acceptors (Lipinski definition) is 4. The highest BCUT2D eigenvalue weighted by Gasteiger charge is 2.29. The predicted molar refractivity (Wildman–Crippen MR) is 106 cm³/mol. The van der Waals surface area contributed by atoms with E-state index >= 15 is 0 Å². The van der Waals surface area contributed by atoms with Gasteiger partial charge in [-0.05, 0) is 44.9 Å². The second kappa shape index (κ2) is 9.93. The molecule has 7 heteroatoms. The van der Waals surface area contributed by atoms with Gasteiger partial charge in [0.05, 0.1) is 19.3 Å². The molecule has 136 valence electrons. The van der Waals surface area contributed by atoms with E-state index in [0.29, 0.717) is 24.8 Å². The van der Waals surface area contributed by atoms with Crippen LogP contribution in [0.3, 0.4) is 0 Å². The highest BCUT2D eigenvalue weighted by Crippen LogP contribution is 2.24. The summed E-state index contributed by atoms with van der Waals surface area (Å²) in [5.41, 5.74) is 0.596. The monoisotopic (exact) mass is 449 g/mol. The van der Waals surface area contributed by atoms with Gasteiger partial charge in [0.25, 0.3) is 0 Å². The summed E-state index contributed by atoms with van der Waals surface area (Å²) in [4.78, 5) is 4.54. The second-order valence-electron chi connectivity index (χ2n) is 5.95. The molecule has 1 aromatic carbocycles. The summed E-state index contributed by atoms with van der Waals surface area (Å²) in [6.45, 7) is 6.81. The van der Waals surface area contributed by atoms with Crippen LogP contribution in [0.5, 0.6) is 11.5 Å². The summed E-state index contributed by atoms with van der Waals surface area (Å²) in [5.74, 6) is 1.64. The van der Waals surface area contributed by atoms with E-state index in [1.165, 1.54) is 0 Å². The summed E-state index contributed by atoms with van der Waals surface area (Å²) < 4.78 is 11.0. The van der Waals surface area contributed by atoms with Crippen molar-refractivity contribution in [3.63, 3.8) is 0 Å². The fraction of sp³-hybridized carbons (Fsp3) is 0.588. The Bertz CT molecular complexity index is 546. The van der Waals surface area contributed by atoms with Gasteiger partial charge in [0, 0.05) is 25.3 Å². The lowest BCUT2D eigenvalue weighted by atomic mass is 10.0. The van der Waals surface area contributed by atoms with Gasteiger partial charge in [-0.1, -0.05) is 0 Å². The largest absolute Gasteiger partial charge is 0.508 e. The molecule has 0 aromatic heterocycles. The lowest BCUT2D eigenvalue weighted by molar-refractivity contribution is 0.0243. The summed E-state index contributed by atoms with van der Waals surface area (Å²) in [6.07, 6.45) is 2.15. The van der Waals surface area contributed by atoms with E-state index in [-0.39, 0.29) is 35.3 Å². The lowest BCUT2D eigenvalue weighted by Crippen LogP contribution is -2.45. The Morgan fingerprint density at radius 3 is 2.83 bits per heavy atom.